The topological polar surface area (TPSA) is 172 Å². The average molecular weight is 452 g/mol. The van der Waals surface area contributed by atoms with Crippen LogP contribution in [0.3, 0.4) is 0 Å². The van der Waals surface area contributed by atoms with Crippen LogP contribution in [0.25, 0.3) is 10.9 Å². The second-order valence-corrected chi connectivity index (χ2v) is 6.92. The summed E-state index contributed by atoms with van der Waals surface area (Å²) < 4.78 is 5.94. The summed E-state index contributed by atoms with van der Waals surface area (Å²) in [6.45, 7) is 0.761. The molecule has 0 saturated heterocycles. The number of ether oxygens (including phenoxy) is 1. The number of non-ortho nitro benzene ring substituents is 1. The van der Waals surface area contributed by atoms with E-state index in [9.17, 15) is 24.5 Å². The zero-order valence-corrected chi connectivity index (χ0v) is 17.6. The van der Waals surface area contributed by atoms with Gasteiger partial charge in [-0.1, -0.05) is 0 Å². The van der Waals surface area contributed by atoms with Gasteiger partial charge in [0.2, 0.25) is 0 Å². The van der Waals surface area contributed by atoms with Crippen LogP contribution >= 0.6 is 0 Å². The number of H-pyrrole nitrogens is 1. The molecule has 0 atom stereocenters. The Labute approximate surface area is 186 Å². The normalized spacial score (nSPS) is 10.5. The van der Waals surface area contributed by atoms with Gasteiger partial charge in [-0.2, -0.15) is 5.26 Å². The van der Waals surface area contributed by atoms with Gasteiger partial charge >= 0.3 is 5.69 Å². The fraction of sp³-hybridized carbons (Fsp3) is 0.238. The van der Waals surface area contributed by atoms with Crippen LogP contribution in [-0.2, 0) is 11.3 Å². The van der Waals surface area contributed by atoms with E-state index in [1.165, 1.54) is 43.5 Å². The fourth-order valence-corrected chi connectivity index (χ4v) is 3.15. The number of carbonyl (C=O) groups is 1. The summed E-state index contributed by atoms with van der Waals surface area (Å²) >= 11 is 0. The smallest absolute Gasteiger partial charge is 0.328 e. The average Bonchev–Trinajstić information content (AvgIpc) is 2.81. The van der Waals surface area contributed by atoms with Gasteiger partial charge in [-0.3, -0.25) is 24.3 Å². The van der Waals surface area contributed by atoms with Gasteiger partial charge in [-0.15, -0.1) is 0 Å². The monoisotopic (exact) mass is 452 g/mol. The van der Waals surface area contributed by atoms with E-state index in [0.717, 1.165) is 4.57 Å². The van der Waals surface area contributed by atoms with Crippen molar-refractivity contribution in [3.63, 3.8) is 0 Å². The van der Waals surface area contributed by atoms with Crippen LogP contribution in [-0.4, -0.2) is 47.2 Å². The molecule has 1 aromatic heterocycles. The molecule has 0 unspecified atom stereocenters. The molecule has 0 aliphatic heterocycles. The minimum atomic E-state index is -0.595. The molecule has 3 aromatic rings. The third kappa shape index (κ3) is 5.23. The first-order valence-corrected chi connectivity index (χ1v) is 9.82. The molecule has 1 heterocycles. The molecule has 0 bridgehead atoms. The molecule has 3 N–H and O–H groups in total. The summed E-state index contributed by atoms with van der Waals surface area (Å²) in [6.07, 6.45) is 0. The molecule has 0 spiro atoms. The Hall–Kier alpha value is -4.50. The van der Waals surface area contributed by atoms with E-state index in [1.54, 1.807) is 0 Å². The largest absolute Gasteiger partial charge is 0.383 e. The summed E-state index contributed by atoms with van der Waals surface area (Å²) in [5.74, 6) is -0.424. The summed E-state index contributed by atoms with van der Waals surface area (Å²) in [5.41, 5.74) is -0.240. The van der Waals surface area contributed by atoms with Crippen molar-refractivity contribution in [3.8, 4) is 6.07 Å². The molecule has 0 radical (unpaired) electrons. The molecular formula is C21H20N6O6. The van der Waals surface area contributed by atoms with E-state index in [2.05, 4.69) is 15.6 Å². The van der Waals surface area contributed by atoms with E-state index in [4.69, 9.17) is 10.00 Å². The van der Waals surface area contributed by atoms with Crippen LogP contribution in [0.15, 0.2) is 46.0 Å². The Morgan fingerprint density at radius 2 is 2.03 bits per heavy atom. The molecule has 2 aromatic carbocycles. The molecule has 0 fully saturated rings. The highest BCUT2D eigenvalue weighted by molar-refractivity contribution is 5.97. The number of aromatic amines is 1. The number of methoxy groups -OCH3 is 1. The fourth-order valence-electron chi connectivity index (χ4n) is 3.15. The SMILES string of the molecule is COCCn1c(=O)[nH]c2cc(C(=O)NCCNc3ccc([N+](=O)[O-])cc3C#N)ccc2c1=O. The van der Waals surface area contributed by atoms with Crippen molar-refractivity contribution in [2.75, 3.05) is 32.1 Å². The van der Waals surface area contributed by atoms with Crippen LogP contribution in [0.2, 0.25) is 0 Å². The Morgan fingerprint density at radius 3 is 2.73 bits per heavy atom. The molecule has 1 amide bonds. The van der Waals surface area contributed by atoms with Crippen LogP contribution in [0.1, 0.15) is 15.9 Å². The highest BCUT2D eigenvalue weighted by Gasteiger charge is 2.12. The minimum Gasteiger partial charge on any atom is -0.383 e. The number of fused-ring (bicyclic) bond motifs is 1. The maximum atomic E-state index is 12.5. The number of hydrogen-bond donors (Lipinski definition) is 3. The van der Waals surface area contributed by atoms with E-state index < -0.39 is 22.1 Å². The van der Waals surface area contributed by atoms with Gasteiger partial charge in [0.15, 0.2) is 0 Å². The Morgan fingerprint density at radius 1 is 1.24 bits per heavy atom. The Bertz CT molecular complexity index is 1370. The predicted octanol–water partition coefficient (Wildman–Crippen LogP) is 0.958. The van der Waals surface area contributed by atoms with Crippen molar-refractivity contribution in [2.45, 2.75) is 6.54 Å². The molecule has 0 aliphatic rings. The van der Waals surface area contributed by atoms with Gasteiger partial charge < -0.3 is 20.4 Å². The van der Waals surface area contributed by atoms with Gasteiger partial charge in [-0.05, 0) is 24.3 Å². The van der Waals surface area contributed by atoms with E-state index >= 15 is 0 Å². The number of anilines is 1. The van der Waals surface area contributed by atoms with E-state index in [-0.39, 0.29) is 54.0 Å². The molecular weight excluding hydrogens is 432 g/mol. The molecule has 3 rings (SSSR count). The minimum absolute atomic E-state index is 0.109. The highest BCUT2D eigenvalue weighted by Crippen LogP contribution is 2.21. The van der Waals surface area contributed by atoms with Gasteiger partial charge in [0, 0.05) is 37.9 Å². The zero-order valence-electron chi connectivity index (χ0n) is 17.6. The number of rotatable bonds is 9. The van der Waals surface area contributed by atoms with Crippen molar-refractivity contribution < 1.29 is 14.5 Å². The standard InChI is InChI=1S/C21H20N6O6/c1-33-9-8-26-20(29)16-4-2-13(11-18(16)25-21(26)30)19(28)24-7-6-23-17-5-3-15(27(31)32)10-14(17)12-22/h2-5,10-11,23H,6-9H2,1H3,(H,24,28)(H,25,30). The lowest BCUT2D eigenvalue weighted by Gasteiger charge is -2.10. The van der Waals surface area contributed by atoms with Crippen LogP contribution in [0, 0.1) is 21.4 Å². The summed E-state index contributed by atoms with van der Waals surface area (Å²) in [5, 5.41) is 25.9. The van der Waals surface area contributed by atoms with Gasteiger partial charge in [-0.25, -0.2) is 4.79 Å². The van der Waals surface area contributed by atoms with Crippen LogP contribution < -0.4 is 21.9 Å². The maximum absolute atomic E-state index is 12.5. The summed E-state index contributed by atoms with van der Waals surface area (Å²) in [7, 11) is 1.47. The first-order chi connectivity index (χ1) is 15.8. The number of benzene rings is 2. The summed E-state index contributed by atoms with van der Waals surface area (Å²) in [4.78, 5) is 50.0. The number of nitrogens with zero attached hydrogens (tertiary/aromatic N) is 3. The Kier molecular flexibility index (Phi) is 7.17. The number of nitro groups is 1. The van der Waals surface area contributed by atoms with Gasteiger partial charge in [0.25, 0.3) is 17.2 Å². The molecule has 0 aliphatic carbocycles. The third-order valence-corrected chi connectivity index (χ3v) is 4.82. The number of nitro benzene ring substituents is 1. The molecule has 0 saturated carbocycles. The number of nitrogens with one attached hydrogen (secondary N) is 3. The molecule has 33 heavy (non-hydrogen) atoms. The summed E-state index contributed by atoms with van der Waals surface area (Å²) in [6, 6.07) is 10.1. The number of hydrogen-bond acceptors (Lipinski definition) is 8. The van der Waals surface area contributed by atoms with Crippen LogP contribution in [0.5, 0.6) is 0 Å². The lowest BCUT2D eigenvalue weighted by Crippen LogP contribution is -2.36. The number of aromatic nitrogens is 2. The Balaban J connectivity index is 1.66. The van der Waals surface area contributed by atoms with Crippen molar-refractivity contribution in [2.24, 2.45) is 0 Å². The second kappa shape index (κ2) is 10.2. The van der Waals surface area contributed by atoms with E-state index in [1.807, 2.05) is 6.07 Å². The third-order valence-electron chi connectivity index (χ3n) is 4.82. The zero-order chi connectivity index (χ0) is 24.0. The van der Waals surface area contributed by atoms with Crippen LogP contribution in [0.4, 0.5) is 11.4 Å². The first-order valence-electron chi connectivity index (χ1n) is 9.82. The number of amides is 1. The highest BCUT2D eigenvalue weighted by atomic mass is 16.6. The molecule has 12 heteroatoms. The van der Waals surface area contributed by atoms with E-state index in [0.29, 0.717) is 5.69 Å². The number of carbonyl (C=O) groups excluding carboxylic acids is 1. The molecule has 170 valence electrons. The lowest BCUT2D eigenvalue weighted by molar-refractivity contribution is -0.384. The molecule has 12 nitrogen and oxygen atoms in total. The van der Waals surface area contributed by atoms with Gasteiger partial charge in [0.1, 0.15) is 6.07 Å². The first kappa shape index (κ1) is 23.2. The second-order valence-electron chi connectivity index (χ2n) is 6.92. The van der Waals surface area contributed by atoms with Crippen molar-refractivity contribution in [3.05, 3.63) is 78.5 Å². The maximum Gasteiger partial charge on any atom is 0.328 e. The van der Waals surface area contributed by atoms with Crippen molar-refractivity contribution in [1.29, 1.82) is 5.26 Å². The lowest BCUT2D eigenvalue weighted by atomic mass is 10.1. The number of nitriles is 1. The van der Waals surface area contributed by atoms with Crippen molar-refractivity contribution in [1.82, 2.24) is 14.9 Å². The predicted molar refractivity (Wildman–Crippen MR) is 119 cm³/mol. The quantitative estimate of drug-likeness (QED) is 0.245. The van der Waals surface area contributed by atoms with Gasteiger partial charge in [0.05, 0.1) is 40.2 Å². The van der Waals surface area contributed by atoms with Crippen molar-refractivity contribution >= 4 is 28.2 Å².